The van der Waals surface area contributed by atoms with E-state index in [2.05, 4.69) is 48.4 Å². The van der Waals surface area contributed by atoms with Crippen LogP contribution in [0.1, 0.15) is 55.7 Å². The Morgan fingerprint density at radius 3 is 2.78 bits per heavy atom. The highest BCUT2D eigenvalue weighted by molar-refractivity contribution is 5.33. The lowest BCUT2D eigenvalue weighted by Gasteiger charge is -2.39. The van der Waals surface area contributed by atoms with Crippen molar-refractivity contribution >= 4 is 0 Å². The van der Waals surface area contributed by atoms with Gasteiger partial charge in [-0.25, -0.2) is 0 Å². The fourth-order valence-corrected chi connectivity index (χ4v) is 4.09. The quantitative estimate of drug-likeness (QED) is 0.740. The Morgan fingerprint density at radius 2 is 2.11 bits per heavy atom. The number of benzene rings is 1. The molecule has 1 aliphatic heterocycles. The van der Waals surface area contributed by atoms with Crippen molar-refractivity contribution in [3.05, 3.63) is 65.5 Å². The first-order chi connectivity index (χ1) is 13.1. The predicted octanol–water partition coefficient (Wildman–Crippen LogP) is 4.42. The highest BCUT2D eigenvalue weighted by atomic mass is 16.5. The summed E-state index contributed by atoms with van der Waals surface area (Å²) < 4.78 is 5.94. The molecule has 1 unspecified atom stereocenters. The Bertz CT molecular complexity index is 749. The lowest BCUT2D eigenvalue weighted by atomic mass is 9.75. The lowest BCUT2D eigenvalue weighted by Crippen LogP contribution is -2.36. The summed E-state index contributed by atoms with van der Waals surface area (Å²) in [5.41, 5.74) is 3.20. The first kappa shape index (κ1) is 19.5. The fraction of sp³-hybridized carbons (Fsp3) is 0.478. The number of rotatable bonds is 7. The molecule has 3 rings (SSSR count). The van der Waals surface area contributed by atoms with Crippen LogP contribution in [0.2, 0.25) is 0 Å². The maximum atomic E-state index is 9.08. The maximum Gasteiger partial charge on any atom is 0.0991 e. The van der Waals surface area contributed by atoms with Crippen molar-refractivity contribution in [3.8, 4) is 6.07 Å². The van der Waals surface area contributed by atoms with Crippen molar-refractivity contribution in [1.82, 2.24) is 10.3 Å². The Morgan fingerprint density at radius 1 is 1.30 bits per heavy atom. The molecule has 2 aromatic rings. The fourth-order valence-electron chi connectivity index (χ4n) is 4.09. The van der Waals surface area contributed by atoms with Crippen LogP contribution < -0.4 is 5.32 Å². The van der Waals surface area contributed by atoms with Crippen molar-refractivity contribution in [2.45, 2.75) is 51.2 Å². The van der Waals surface area contributed by atoms with Gasteiger partial charge in [0.25, 0.3) is 0 Å². The molecule has 1 N–H and O–H groups in total. The van der Waals surface area contributed by atoms with E-state index in [0.717, 1.165) is 44.5 Å². The van der Waals surface area contributed by atoms with Crippen LogP contribution in [0.15, 0.2) is 48.8 Å². The van der Waals surface area contributed by atoms with Crippen molar-refractivity contribution < 1.29 is 4.74 Å². The van der Waals surface area contributed by atoms with Gasteiger partial charge in [-0.3, -0.25) is 4.98 Å². The third-order valence-electron chi connectivity index (χ3n) is 5.46. The molecule has 0 saturated carbocycles. The number of pyridine rings is 1. The molecule has 1 aromatic heterocycles. The number of nitriles is 1. The van der Waals surface area contributed by atoms with E-state index in [9.17, 15) is 0 Å². The smallest absolute Gasteiger partial charge is 0.0991 e. The van der Waals surface area contributed by atoms with Gasteiger partial charge < -0.3 is 10.1 Å². The number of hydrogen-bond acceptors (Lipinski definition) is 4. The summed E-state index contributed by atoms with van der Waals surface area (Å²) in [6, 6.07) is 14.4. The van der Waals surface area contributed by atoms with Crippen LogP contribution >= 0.6 is 0 Å². The van der Waals surface area contributed by atoms with Crippen molar-refractivity contribution in [2.75, 3.05) is 13.2 Å². The highest BCUT2D eigenvalue weighted by Crippen LogP contribution is 2.39. The molecule has 4 nitrogen and oxygen atoms in total. The molecular formula is C23H29N3O. The van der Waals surface area contributed by atoms with E-state index in [1.54, 1.807) is 6.20 Å². The van der Waals surface area contributed by atoms with Gasteiger partial charge in [0.1, 0.15) is 0 Å². The van der Waals surface area contributed by atoms with Gasteiger partial charge in [0.05, 0.1) is 17.2 Å². The summed E-state index contributed by atoms with van der Waals surface area (Å²) in [6.45, 7) is 7.00. The molecule has 1 fully saturated rings. The van der Waals surface area contributed by atoms with Gasteiger partial charge >= 0.3 is 0 Å². The third-order valence-corrected chi connectivity index (χ3v) is 5.46. The second kappa shape index (κ2) is 9.12. The number of nitrogens with zero attached hydrogens (tertiary/aromatic N) is 2. The van der Waals surface area contributed by atoms with Crippen molar-refractivity contribution in [3.63, 3.8) is 0 Å². The molecule has 0 aliphatic carbocycles. The minimum Gasteiger partial charge on any atom is -0.376 e. The summed E-state index contributed by atoms with van der Waals surface area (Å²) in [7, 11) is 0. The second-order valence-electron chi connectivity index (χ2n) is 8.03. The summed E-state index contributed by atoms with van der Waals surface area (Å²) in [5.74, 6) is 1.07. The van der Waals surface area contributed by atoms with Gasteiger partial charge in [0, 0.05) is 25.5 Å². The Hall–Kier alpha value is -2.22. The summed E-state index contributed by atoms with van der Waals surface area (Å²) >= 11 is 0. The predicted molar refractivity (Wildman–Crippen MR) is 107 cm³/mol. The van der Waals surface area contributed by atoms with E-state index in [1.165, 1.54) is 11.1 Å². The minimum absolute atomic E-state index is 0.0586. The zero-order valence-electron chi connectivity index (χ0n) is 16.3. The van der Waals surface area contributed by atoms with Gasteiger partial charge in [-0.15, -0.1) is 0 Å². The van der Waals surface area contributed by atoms with Crippen molar-refractivity contribution in [1.29, 1.82) is 5.26 Å². The van der Waals surface area contributed by atoms with Crippen LogP contribution in [0, 0.1) is 17.2 Å². The third kappa shape index (κ3) is 5.63. The summed E-state index contributed by atoms with van der Waals surface area (Å²) in [4.78, 5) is 4.17. The average Bonchev–Trinajstić information content (AvgIpc) is 2.68. The topological polar surface area (TPSA) is 57.9 Å². The molecule has 0 amide bonds. The monoisotopic (exact) mass is 363 g/mol. The number of aromatic nitrogens is 1. The molecule has 1 aliphatic rings. The summed E-state index contributed by atoms with van der Waals surface area (Å²) in [5, 5.41) is 12.6. The molecule has 142 valence electrons. The lowest BCUT2D eigenvalue weighted by molar-refractivity contribution is -0.0771. The number of nitrogens with one attached hydrogen (secondary N) is 1. The first-order valence-electron chi connectivity index (χ1n) is 9.81. The zero-order valence-corrected chi connectivity index (χ0v) is 16.3. The SMILES string of the molecule is CC1(C)CC([C@H](CCNCc2cccnc2)c2ccc(C#N)cc2)CCO1. The normalized spacial score (nSPS) is 20.0. The molecule has 4 heteroatoms. The highest BCUT2D eigenvalue weighted by Gasteiger charge is 2.33. The van der Waals surface area contributed by atoms with E-state index < -0.39 is 0 Å². The minimum atomic E-state index is -0.0586. The van der Waals surface area contributed by atoms with Crippen LogP contribution in [0.5, 0.6) is 0 Å². The van der Waals surface area contributed by atoms with Gasteiger partial charge in [0.2, 0.25) is 0 Å². The number of ether oxygens (including phenoxy) is 1. The van der Waals surface area contributed by atoms with Crippen LogP contribution in [0.25, 0.3) is 0 Å². The average molecular weight is 364 g/mol. The van der Waals surface area contributed by atoms with Crippen LogP contribution in [0.4, 0.5) is 0 Å². The number of hydrogen-bond donors (Lipinski definition) is 1. The molecule has 0 spiro atoms. The van der Waals surface area contributed by atoms with Crippen LogP contribution in [-0.2, 0) is 11.3 Å². The van der Waals surface area contributed by atoms with Crippen LogP contribution in [-0.4, -0.2) is 23.7 Å². The molecule has 27 heavy (non-hydrogen) atoms. The van der Waals surface area contributed by atoms with E-state index in [4.69, 9.17) is 10.00 Å². The second-order valence-corrected chi connectivity index (χ2v) is 8.03. The van der Waals surface area contributed by atoms with Gasteiger partial charge in [0.15, 0.2) is 0 Å². The summed E-state index contributed by atoms with van der Waals surface area (Å²) in [6.07, 6.45) is 6.95. The Labute approximate surface area is 162 Å². The zero-order chi connectivity index (χ0) is 19.1. The first-order valence-corrected chi connectivity index (χ1v) is 9.81. The van der Waals surface area contributed by atoms with Gasteiger partial charge in [-0.05, 0) is 80.8 Å². The Balaban J connectivity index is 1.66. The molecule has 0 bridgehead atoms. The standard InChI is InChI=1S/C23H29N3O/c1-23(2)14-21(10-13-27-23)22(20-7-5-18(15-24)6-8-20)9-12-26-17-19-4-3-11-25-16-19/h3-8,11,16,21-22,26H,9-10,12-14,17H2,1-2H3/t21?,22-/m1/s1. The molecule has 2 heterocycles. The molecule has 0 radical (unpaired) electrons. The van der Waals surface area contributed by atoms with Gasteiger partial charge in [-0.1, -0.05) is 18.2 Å². The molecule has 1 saturated heterocycles. The molecular weight excluding hydrogens is 334 g/mol. The van der Waals surface area contributed by atoms with Crippen LogP contribution in [0.3, 0.4) is 0 Å². The van der Waals surface area contributed by atoms with Gasteiger partial charge in [-0.2, -0.15) is 5.26 Å². The molecule has 1 aromatic carbocycles. The van der Waals surface area contributed by atoms with Crippen molar-refractivity contribution in [2.24, 2.45) is 5.92 Å². The largest absolute Gasteiger partial charge is 0.376 e. The molecule has 2 atom stereocenters. The maximum absolute atomic E-state index is 9.08. The van der Waals surface area contributed by atoms with E-state index in [0.29, 0.717) is 11.8 Å². The van der Waals surface area contributed by atoms with E-state index >= 15 is 0 Å². The van der Waals surface area contributed by atoms with E-state index in [1.807, 2.05) is 24.4 Å². The van der Waals surface area contributed by atoms with E-state index in [-0.39, 0.29) is 5.60 Å². The Kier molecular flexibility index (Phi) is 6.60.